The highest BCUT2D eigenvalue weighted by Gasteiger charge is 2.33. The van der Waals surface area contributed by atoms with Crippen LogP contribution in [-0.4, -0.2) is 80.2 Å². The lowest BCUT2D eigenvalue weighted by Gasteiger charge is -2.26. The molecular formula is C23H32N4O10. The number of carboxylic acids is 3. The summed E-state index contributed by atoms with van der Waals surface area (Å²) in [5.74, 6) is -7.73. The second kappa shape index (κ2) is 14.4. The molecule has 0 radical (unpaired) electrons. The molecule has 0 aliphatic carbocycles. The molecule has 0 aliphatic heterocycles. The minimum atomic E-state index is -1.72. The third kappa shape index (κ3) is 10.5. The summed E-state index contributed by atoms with van der Waals surface area (Å²) in [4.78, 5) is 72.0. The van der Waals surface area contributed by atoms with Crippen LogP contribution in [0.1, 0.15) is 38.7 Å². The van der Waals surface area contributed by atoms with E-state index in [-0.39, 0.29) is 12.2 Å². The first kappa shape index (κ1) is 30.8. The molecule has 204 valence electrons. The molecule has 14 heteroatoms. The van der Waals surface area contributed by atoms with Gasteiger partial charge in [0, 0.05) is 6.42 Å². The van der Waals surface area contributed by atoms with Crippen molar-refractivity contribution in [1.29, 1.82) is 0 Å². The van der Waals surface area contributed by atoms with E-state index in [1.54, 1.807) is 13.8 Å². The Kier molecular flexibility index (Phi) is 12.0. The third-order valence-electron chi connectivity index (χ3n) is 5.53. The summed E-state index contributed by atoms with van der Waals surface area (Å²) < 4.78 is 0. The zero-order valence-electron chi connectivity index (χ0n) is 20.3. The van der Waals surface area contributed by atoms with Crippen LogP contribution in [0.4, 0.5) is 0 Å². The summed E-state index contributed by atoms with van der Waals surface area (Å²) in [6.45, 7) is 3.35. The van der Waals surface area contributed by atoms with Gasteiger partial charge in [-0.3, -0.25) is 24.0 Å². The van der Waals surface area contributed by atoms with Crippen LogP contribution in [0.15, 0.2) is 24.3 Å². The largest absolute Gasteiger partial charge is 0.508 e. The Morgan fingerprint density at radius 3 is 1.81 bits per heavy atom. The van der Waals surface area contributed by atoms with Crippen molar-refractivity contribution >= 4 is 35.6 Å². The number of hydrogen-bond acceptors (Lipinski definition) is 8. The van der Waals surface area contributed by atoms with Gasteiger partial charge in [-0.05, 0) is 23.6 Å². The Balaban J connectivity index is 3.20. The summed E-state index contributed by atoms with van der Waals surface area (Å²) >= 11 is 0. The Morgan fingerprint density at radius 1 is 0.811 bits per heavy atom. The third-order valence-corrected chi connectivity index (χ3v) is 5.53. The lowest BCUT2D eigenvalue weighted by atomic mass is 9.98. The summed E-state index contributed by atoms with van der Waals surface area (Å²) in [6, 6.07) is -0.358. The van der Waals surface area contributed by atoms with Gasteiger partial charge in [0.15, 0.2) is 0 Å². The topological polar surface area (TPSA) is 245 Å². The van der Waals surface area contributed by atoms with Gasteiger partial charge in [-0.1, -0.05) is 32.4 Å². The van der Waals surface area contributed by atoms with Gasteiger partial charge < -0.3 is 42.1 Å². The monoisotopic (exact) mass is 524 g/mol. The number of amides is 3. The van der Waals surface area contributed by atoms with Crippen LogP contribution in [0, 0.1) is 5.92 Å². The molecule has 0 aliphatic rings. The molecule has 0 saturated carbocycles. The van der Waals surface area contributed by atoms with Crippen molar-refractivity contribution in [2.45, 2.75) is 63.7 Å². The van der Waals surface area contributed by atoms with Gasteiger partial charge in [0.05, 0.1) is 18.9 Å². The smallest absolute Gasteiger partial charge is 0.326 e. The van der Waals surface area contributed by atoms with E-state index in [1.165, 1.54) is 24.3 Å². The minimum absolute atomic E-state index is 0.0570. The first-order valence-electron chi connectivity index (χ1n) is 11.4. The molecule has 5 atom stereocenters. The summed E-state index contributed by atoms with van der Waals surface area (Å²) in [6.07, 6.45) is -1.42. The maximum atomic E-state index is 13.1. The first-order valence-corrected chi connectivity index (χ1v) is 11.4. The Hall–Kier alpha value is -4.20. The van der Waals surface area contributed by atoms with E-state index in [2.05, 4.69) is 16.0 Å². The number of carbonyl (C=O) groups is 6. The summed E-state index contributed by atoms with van der Waals surface area (Å²) in [7, 11) is 0. The Bertz CT molecular complexity index is 998. The van der Waals surface area contributed by atoms with Crippen molar-refractivity contribution in [1.82, 2.24) is 16.0 Å². The maximum absolute atomic E-state index is 13.1. The van der Waals surface area contributed by atoms with Crippen molar-refractivity contribution < 1.29 is 49.2 Å². The van der Waals surface area contributed by atoms with Gasteiger partial charge in [0.1, 0.15) is 23.9 Å². The molecule has 1 rings (SSSR count). The van der Waals surface area contributed by atoms with Crippen LogP contribution in [0.5, 0.6) is 5.75 Å². The van der Waals surface area contributed by atoms with Crippen LogP contribution in [0.25, 0.3) is 0 Å². The Labute approximate surface area is 212 Å². The maximum Gasteiger partial charge on any atom is 0.326 e. The number of rotatable bonds is 15. The number of carbonyl (C=O) groups excluding carboxylic acids is 3. The molecule has 0 fully saturated rings. The molecule has 9 N–H and O–H groups in total. The SMILES string of the molecule is CCC(C)C(NC(=O)C(Cc1ccc(O)cc1)NC(=O)C(CC(=O)O)NC(=O)C(N)CC(=O)O)C(=O)O. The van der Waals surface area contributed by atoms with Gasteiger partial charge >= 0.3 is 17.9 Å². The van der Waals surface area contributed by atoms with Gasteiger partial charge in [0.25, 0.3) is 0 Å². The lowest BCUT2D eigenvalue weighted by Crippen LogP contribution is -2.58. The highest BCUT2D eigenvalue weighted by molar-refractivity contribution is 5.96. The van der Waals surface area contributed by atoms with E-state index in [0.717, 1.165) is 0 Å². The Morgan fingerprint density at radius 2 is 1.32 bits per heavy atom. The van der Waals surface area contributed by atoms with Crippen molar-refractivity contribution in [2.24, 2.45) is 11.7 Å². The number of nitrogens with one attached hydrogen (secondary N) is 3. The molecule has 1 aromatic rings. The number of phenolic OH excluding ortho intramolecular Hbond substituents is 1. The van der Waals surface area contributed by atoms with Gasteiger partial charge in [-0.2, -0.15) is 0 Å². The van der Waals surface area contributed by atoms with E-state index >= 15 is 0 Å². The van der Waals surface area contributed by atoms with Gasteiger partial charge in [-0.15, -0.1) is 0 Å². The quantitative estimate of drug-likeness (QED) is 0.135. The molecule has 3 amide bonds. The molecule has 0 heterocycles. The molecule has 37 heavy (non-hydrogen) atoms. The van der Waals surface area contributed by atoms with E-state index in [1.807, 2.05) is 0 Å². The van der Waals surface area contributed by atoms with Crippen LogP contribution in [-0.2, 0) is 35.2 Å². The average Bonchev–Trinajstić information content (AvgIpc) is 2.81. The van der Waals surface area contributed by atoms with Crippen molar-refractivity contribution in [3.05, 3.63) is 29.8 Å². The van der Waals surface area contributed by atoms with Crippen LogP contribution >= 0.6 is 0 Å². The molecule has 0 saturated heterocycles. The fourth-order valence-corrected chi connectivity index (χ4v) is 3.23. The van der Waals surface area contributed by atoms with Gasteiger partial charge in [0.2, 0.25) is 17.7 Å². The normalized spacial score (nSPS) is 14.8. The summed E-state index contributed by atoms with van der Waals surface area (Å²) in [5, 5.41) is 43.8. The highest BCUT2D eigenvalue weighted by atomic mass is 16.4. The number of phenols is 1. The summed E-state index contributed by atoms with van der Waals surface area (Å²) in [5.41, 5.74) is 5.94. The van der Waals surface area contributed by atoms with Gasteiger partial charge in [-0.25, -0.2) is 4.79 Å². The number of benzene rings is 1. The van der Waals surface area contributed by atoms with E-state index in [0.29, 0.717) is 12.0 Å². The van der Waals surface area contributed by atoms with Crippen molar-refractivity contribution in [3.8, 4) is 5.75 Å². The van der Waals surface area contributed by atoms with E-state index in [4.69, 9.17) is 10.8 Å². The average molecular weight is 525 g/mol. The predicted molar refractivity (Wildman–Crippen MR) is 127 cm³/mol. The number of aliphatic carboxylic acids is 3. The van der Waals surface area contributed by atoms with Crippen molar-refractivity contribution in [2.75, 3.05) is 0 Å². The zero-order chi connectivity index (χ0) is 28.3. The standard InChI is InChI=1S/C23H32N4O10/c1-3-11(2)19(23(36)37)27-22(35)15(8-12-4-6-13(28)7-5-12)26-21(34)16(10-18(31)32)25-20(33)14(24)9-17(29)30/h4-7,11,14-16,19,28H,3,8-10,24H2,1-2H3,(H,25,33)(H,26,34)(H,27,35)(H,29,30)(H,31,32)(H,36,37). The number of aromatic hydroxyl groups is 1. The second-order valence-corrected chi connectivity index (χ2v) is 8.51. The lowest BCUT2D eigenvalue weighted by molar-refractivity contribution is -0.144. The van der Waals surface area contributed by atoms with E-state index in [9.17, 15) is 44.1 Å². The molecule has 5 unspecified atom stereocenters. The number of carboxylic acid groups (broad SMARTS) is 3. The predicted octanol–water partition coefficient (Wildman–Crippen LogP) is -1.20. The fourth-order valence-electron chi connectivity index (χ4n) is 3.23. The fraction of sp³-hybridized carbons (Fsp3) is 0.478. The number of nitrogens with two attached hydrogens (primary N) is 1. The zero-order valence-corrected chi connectivity index (χ0v) is 20.3. The van der Waals surface area contributed by atoms with Crippen LogP contribution in [0.3, 0.4) is 0 Å². The van der Waals surface area contributed by atoms with Crippen molar-refractivity contribution in [3.63, 3.8) is 0 Å². The molecule has 14 nitrogen and oxygen atoms in total. The molecule has 0 bridgehead atoms. The van der Waals surface area contributed by atoms with E-state index < -0.39 is 78.6 Å². The molecule has 0 aromatic heterocycles. The highest BCUT2D eigenvalue weighted by Crippen LogP contribution is 2.13. The second-order valence-electron chi connectivity index (χ2n) is 8.51. The molecule has 0 spiro atoms. The molecule has 1 aromatic carbocycles. The number of hydrogen-bond donors (Lipinski definition) is 8. The minimum Gasteiger partial charge on any atom is -0.508 e. The molecular weight excluding hydrogens is 492 g/mol. The first-order chi connectivity index (χ1) is 17.2. The van der Waals surface area contributed by atoms with Crippen LogP contribution < -0.4 is 21.7 Å². The van der Waals surface area contributed by atoms with Crippen LogP contribution in [0.2, 0.25) is 0 Å².